The summed E-state index contributed by atoms with van der Waals surface area (Å²) in [5, 5.41) is 10.0. The van der Waals surface area contributed by atoms with Crippen molar-refractivity contribution in [2.75, 3.05) is 0 Å². The van der Waals surface area contributed by atoms with Crippen LogP contribution in [0.5, 0.6) is 0 Å². The first kappa shape index (κ1) is 12.1. The fourth-order valence-corrected chi connectivity index (χ4v) is 1.98. The normalized spacial score (nSPS) is 24.8. The van der Waals surface area contributed by atoms with E-state index in [1.165, 1.54) is 0 Å². The van der Waals surface area contributed by atoms with Gasteiger partial charge in [-0.1, -0.05) is 20.8 Å². The van der Waals surface area contributed by atoms with E-state index in [0.717, 1.165) is 12.2 Å². The van der Waals surface area contributed by atoms with Gasteiger partial charge in [-0.2, -0.15) is 5.10 Å². The van der Waals surface area contributed by atoms with Gasteiger partial charge in [0.05, 0.1) is 6.04 Å². The summed E-state index contributed by atoms with van der Waals surface area (Å²) < 4.78 is 0. The van der Waals surface area contributed by atoms with E-state index < -0.39 is 0 Å². The third-order valence-corrected chi connectivity index (χ3v) is 3.30. The smallest absolute Gasteiger partial charge is 0.223 e. The fourth-order valence-electron chi connectivity index (χ4n) is 1.98. The lowest BCUT2D eigenvalue weighted by Gasteiger charge is -2.19. The van der Waals surface area contributed by atoms with E-state index in [9.17, 15) is 4.79 Å². The van der Waals surface area contributed by atoms with Crippen molar-refractivity contribution in [2.24, 2.45) is 17.8 Å². The van der Waals surface area contributed by atoms with Gasteiger partial charge in [-0.25, -0.2) is 4.98 Å². The van der Waals surface area contributed by atoms with Crippen LogP contribution in [0.15, 0.2) is 0 Å². The number of hydrogen-bond donors (Lipinski definition) is 2. The van der Waals surface area contributed by atoms with Gasteiger partial charge in [-0.15, -0.1) is 0 Å². The minimum Gasteiger partial charge on any atom is -0.345 e. The van der Waals surface area contributed by atoms with Crippen LogP contribution in [0.4, 0.5) is 0 Å². The Bertz CT molecular complexity index is 412. The summed E-state index contributed by atoms with van der Waals surface area (Å²) in [7, 11) is 0. The Hall–Kier alpha value is -1.39. The first-order chi connectivity index (χ1) is 7.99. The molecular formula is C12H20N4O. The molecule has 0 spiro atoms. The van der Waals surface area contributed by atoms with E-state index >= 15 is 0 Å². The van der Waals surface area contributed by atoms with Gasteiger partial charge < -0.3 is 5.32 Å². The Morgan fingerprint density at radius 1 is 1.53 bits per heavy atom. The van der Waals surface area contributed by atoms with Gasteiger partial charge >= 0.3 is 0 Å². The van der Waals surface area contributed by atoms with Gasteiger partial charge in [0.2, 0.25) is 5.91 Å². The summed E-state index contributed by atoms with van der Waals surface area (Å²) in [4.78, 5) is 16.2. The summed E-state index contributed by atoms with van der Waals surface area (Å²) in [6.45, 7) is 8.09. The number of nitrogens with one attached hydrogen (secondary N) is 2. The number of aromatic nitrogens is 3. The Kier molecular flexibility index (Phi) is 3.17. The van der Waals surface area contributed by atoms with Crippen molar-refractivity contribution in [1.29, 1.82) is 0 Å². The molecule has 1 saturated carbocycles. The SMILES string of the molecule is Cc1nc([C@@H](NC(=O)[C@H]2C[C@@H]2C)C(C)C)n[nH]1. The van der Waals surface area contributed by atoms with Crippen LogP contribution in [0.1, 0.15) is 44.9 Å². The molecule has 1 aliphatic carbocycles. The van der Waals surface area contributed by atoms with E-state index in [4.69, 9.17) is 0 Å². The zero-order valence-corrected chi connectivity index (χ0v) is 10.8. The van der Waals surface area contributed by atoms with Crippen molar-refractivity contribution in [3.8, 4) is 0 Å². The number of hydrogen-bond acceptors (Lipinski definition) is 3. The van der Waals surface area contributed by atoms with E-state index in [1.807, 2.05) is 6.92 Å². The van der Waals surface area contributed by atoms with E-state index in [1.54, 1.807) is 0 Å². The number of amides is 1. The maximum absolute atomic E-state index is 11.9. The van der Waals surface area contributed by atoms with Gasteiger partial charge in [0.25, 0.3) is 0 Å². The summed E-state index contributed by atoms with van der Waals surface area (Å²) in [5.74, 6) is 2.59. The zero-order valence-electron chi connectivity index (χ0n) is 10.8. The molecule has 0 aromatic carbocycles. The van der Waals surface area contributed by atoms with Gasteiger partial charge in [0, 0.05) is 5.92 Å². The molecule has 1 aromatic rings. The van der Waals surface area contributed by atoms with E-state index in [-0.39, 0.29) is 23.8 Å². The highest BCUT2D eigenvalue weighted by Gasteiger charge is 2.40. The average Bonchev–Trinajstić information content (AvgIpc) is 2.83. The van der Waals surface area contributed by atoms with Crippen molar-refractivity contribution in [2.45, 2.75) is 40.2 Å². The van der Waals surface area contributed by atoms with Crippen LogP contribution in [-0.2, 0) is 4.79 Å². The second-order valence-corrected chi connectivity index (χ2v) is 5.33. The van der Waals surface area contributed by atoms with Crippen LogP contribution in [-0.4, -0.2) is 21.1 Å². The molecule has 5 nitrogen and oxygen atoms in total. The molecule has 1 aromatic heterocycles. The molecule has 1 heterocycles. The fraction of sp³-hybridized carbons (Fsp3) is 0.750. The van der Waals surface area contributed by atoms with Crippen molar-refractivity contribution in [3.63, 3.8) is 0 Å². The molecule has 0 unspecified atom stereocenters. The second kappa shape index (κ2) is 4.47. The predicted molar refractivity (Wildman–Crippen MR) is 64.1 cm³/mol. The third-order valence-electron chi connectivity index (χ3n) is 3.30. The zero-order chi connectivity index (χ0) is 12.6. The van der Waals surface area contributed by atoms with Crippen LogP contribution < -0.4 is 5.32 Å². The number of rotatable bonds is 4. The summed E-state index contributed by atoms with van der Waals surface area (Å²) in [5.41, 5.74) is 0. The first-order valence-corrected chi connectivity index (χ1v) is 6.18. The Morgan fingerprint density at radius 3 is 2.59 bits per heavy atom. The Labute approximate surface area is 101 Å². The largest absolute Gasteiger partial charge is 0.345 e. The molecule has 3 atom stereocenters. The molecule has 2 rings (SSSR count). The molecule has 0 radical (unpaired) electrons. The van der Waals surface area contributed by atoms with Crippen molar-refractivity contribution in [3.05, 3.63) is 11.6 Å². The van der Waals surface area contributed by atoms with Crippen LogP contribution >= 0.6 is 0 Å². The van der Waals surface area contributed by atoms with Crippen LogP contribution in [0.25, 0.3) is 0 Å². The monoisotopic (exact) mass is 236 g/mol. The number of nitrogens with zero attached hydrogens (tertiary/aromatic N) is 2. The standard InChI is InChI=1S/C12H20N4O/c1-6(2)10(11-13-8(4)15-16-11)14-12(17)9-5-7(9)3/h6-7,9-10H,5H2,1-4H3,(H,14,17)(H,13,15,16)/t7-,9-,10-/m0/s1. The van der Waals surface area contributed by atoms with Crippen LogP contribution in [0.3, 0.4) is 0 Å². The minimum atomic E-state index is -0.0970. The second-order valence-electron chi connectivity index (χ2n) is 5.33. The highest BCUT2D eigenvalue weighted by atomic mass is 16.2. The molecule has 0 bridgehead atoms. The number of carbonyl (C=O) groups is 1. The molecule has 1 fully saturated rings. The maximum Gasteiger partial charge on any atom is 0.223 e. The highest BCUT2D eigenvalue weighted by molar-refractivity contribution is 5.81. The molecule has 17 heavy (non-hydrogen) atoms. The Morgan fingerprint density at radius 2 is 2.18 bits per heavy atom. The van der Waals surface area contributed by atoms with E-state index in [2.05, 4.69) is 41.3 Å². The number of carbonyl (C=O) groups excluding carboxylic acids is 1. The number of aryl methyl sites for hydroxylation is 1. The van der Waals surface area contributed by atoms with Gasteiger partial charge in [-0.3, -0.25) is 9.89 Å². The molecular weight excluding hydrogens is 216 g/mol. The number of aromatic amines is 1. The molecule has 2 N–H and O–H groups in total. The molecule has 1 aliphatic rings. The summed E-state index contributed by atoms with van der Waals surface area (Å²) in [6.07, 6.45) is 1.00. The Balaban J connectivity index is 2.05. The number of H-pyrrole nitrogens is 1. The molecule has 0 aliphatic heterocycles. The van der Waals surface area contributed by atoms with Crippen molar-refractivity contribution < 1.29 is 4.79 Å². The van der Waals surface area contributed by atoms with Crippen LogP contribution in [0, 0.1) is 24.7 Å². The summed E-state index contributed by atoms with van der Waals surface area (Å²) in [6, 6.07) is -0.0970. The predicted octanol–water partition coefficient (Wildman–Crippen LogP) is 1.58. The topological polar surface area (TPSA) is 70.7 Å². The molecule has 0 saturated heterocycles. The quantitative estimate of drug-likeness (QED) is 0.833. The molecule has 5 heteroatoms. The van der Waals surface area contributed by atoms with Gasteiger partial charge in [0.1, 0.15) is 5.82 Å². The first-order valence-electron chi connectivity index (χ1n) is 6.18. The van der Waals surface area contributed by atoms with E-state index in [0.29, 0.717) is 11.7 Å². The lowest BCUT2D eigenvalue weighted by Crippen LogP contribution is -2.33. The summed E-state index contributed by atoms with van der Waals surface area (Å²) >= 11 is 0. The average molecular weight is 236 g/mol. The molecule has 94 valence electrons. The third kappa shape index (κ3) is 2.65. The van der Waals surface area contributed by atoms with Crippen LogP contribution in [0.2, 0.25) is 0 Å². The van der Waals surface area contributed by atoms with Gasteiger partial charge in [-0.05, 0) is 25.2 Å². The van der Waals surface area contributed by atoms with Crippen molar-refractivity contribution in [1.82, 2.24) is 20.5 Å². The van der Waals surface area contributed by atoms with Crippen molar-refractivity contribution >= 4 is 5.91 Å². The van der Waals surface area contributed by atoms with Gasteiger partial charge in [0.15, 0.2) is 5.82 Å². The lowest BCUT2D eigenvalue weighted by atomic mass is 10.0. The molecule has 1 amide bonds. The minimum absolute atomic E-state index is 0.0970. The highest BCUT2D eigenvalue weighted by Crippen LogP contribution is 2.38. The lowest BCUT2D eigenvalue weighted by molar-refractivity contribution is -0.123. The maximum atomic E-state index is 11.9.